The van der Waals surface area contributed by atoms with Gasteiger partial charge in [-0.3, -0.25) is 0 Å². The van der Waals surface area contributed by atoms with Crippen LogP contribution in [0.5, 0.6) is 17.2 Å². The Morgan fingerprint density at radius 3 is 1.94 bits per heavy atom. The van der Waals surface area contributed by atoms with Gasteiger partial charge >= 0.3 is 0 Å². The van der Waals surface area contributed by atoms with Gasteiger partial charge in [0.1, 0.15) is 11.4 Å². The number of azo groups is 1. The van der Waals surface area contributed by atoms with E-state index in [0.717, 1.165) is 49.3 Å². The van der Waals surface area contributed by atoms with Gasteiger partial charge in [-0.25, -0.2) is 0 Å². The fourth-order valence-corrected chi connectivity index (χ4v) is 3.35. The normalized spacial score (nSPS) is 11.3. The van der Waals surface area contributed by atoms with E-state index in [2.05, 4.69) is 24.1 Å². The molecule has 0 aliphatic rings. The van der Waals surface area contributed by atoms with Crippen LogP contribution in [0.2, 0.25) is 0 Å². The molecule has 0 unspecified atom stereocenters. The molecule has 0 saturated heterocycles. The molecule has 0 aliphatic carbocycles. The number of nitrogens with zero attached hydrogens (tertiary/aromatic N) is 2. The fraction of sp³-hybridized carbons (Fsp3) is 0.385. The monoisotopic (exact) mass is 420 g/mol. The molecule has 0 fully saturated rings. The highest BCUT2D eigenvalue weighted by Gasteiger charge is 2.13. The van der Waals surface area contributed by atoms with Crippen LogP contribution >= 0.6 is 0 Å². The third-order valence-electron chi connectivity index (χ3n) is 5.10. The van der Waals surface area contributed by atoms with Gasteiger partial charge in [0, 0.05) is 5.39 Å². The van der Waals surface area contributed by atoms with Crippen molar-refractivity contribution < 1.29 is 14.6 Å². The quantitative estimate of drug-likeness (QED) is 0.238. The highest BCUT2D eigenvalue weighted by atomic mass is 16.5. The van der Waals surface area contributed by atoms with Crippen molar-refractivity contribution in [2.75, 3.05) is 13.2 Å². The molecule has 0 aliphatic heterocycles. The second-order valence-electron chi connectivity index (χ2n) is 7.57. The van der Waals surface area contributed by atoms with Gasteiger partial charge in [0.15, 0.2) is 17.2 Å². The standard InChI is InChI=1S/C26H32N2O3/c1-3-5-9-18-30-23-14-11-15-24(31-19-10-6-4-2)26(23)28-27-25-21-13-8-7-12-20(21)16-17-22(25)29/h7-8,11-17,29H,3-6,9-10,18-19H2,1-2H3. The van der Waals surface area contributed by atoms with Crippen molar-refractivity contribution >= 4 is 22.1 Å². The lowest BCUT2D eigenvalue weighted by molar-refractivity contribution is 0.293. The van der Waals surface area contributed by atoms with Crippen LogP contribution in [0.15, 0.2) is 64.8 Å². The molecule has 0 bridgehead atoms. The van der Waals surface area contributed by atoms with Crippen molar-refractivity contribution in [2.24, 2.45) is 10.2 Å². The number of phenolic OH excluding ortho intramolecular Hbond substituents is 1. The summed E-state index contributed by atoms with van der Waals surface area (Å²) in [6, 6.07) is 17.0. The average molecular weight is 421 g/mol. The highest BCUT2D eigenvalue weighted by molar-refractivity contribution is 5.95. The summed E-state index contributed by atoms with van der Waals surface area (Å²) in [6.45, 7) is 5.58. The van der Waals surface area contributed by atoms with Gasteiger partial charge in [0.25, 0.3) is 0 Å². The second kappa shape index (κ2) is 11.9. The Kier molecular flexibility index (Phi) is 8.71. The number of phenols is 1. The molecule has 164 valence electrons. The minimum Gasteiger partial charge on any atom is -0.506 e. The van der Waals surface area contributed by atoms with Crippen molar-refractivity contribution in [1.82, 2.24) is 0 Å². The molecule has 5 nitrogen and oxygen atoms in total. The van der Waals surface area contributed by atoms with Crippen LogP contribution in [0.3, 0.4) is 0 Å². The van der Waals surface area contributed by atoms with Crippen molar-refractivity contribution in [2.45, 2.75) is 52.4 Å². The second-order valence-corrected chi connectivity index (χ2v) is 7.57. The maximum absolute atomic E-state index is 10.4. The number of unbranched alkanes of at least 4 members (excludes halogenated alkanes) is 4. The molecular formula is C26H32N2O3. The van der Waals surface area contributed by atoms with E-state index >= 15 is 0 Å². The first-order chi connectivity index (χ1) is 15.2. The van der Waals surface area contributed by atoms with Gasteiger partial charge < -0.3 is 14.6 Å². The Morgan fingerprint density at radius 1 is 0.677 bits per heavy atom. The predicted octanol–water partition coefficient (Wildman–Crippen LogP) is 8.10. The van der Waals surface area contributed by atoms with Crippen LogP contribution in [0.1, 0.15) is 52.4 Å². The molecular weight excluding hydrogens is 388 g/mol. The Balaban J connectivity index is 1.92. The van der Waals surface area contributed by atoms with Gasteiger partial charge in [-0.15, -0.1) is 10.2 Å². The summed E-state index contributed by atoms with van der Waals surface area (Å²) < 4.78 is 12.0. The zero-order chi connectivity index (χ0) is 21.9. The van der Waals surface area contributed by atoms with Gasteiger partial charge in [-0.05, 0) is 36.4 Å². The van der Waals surface area contributed by atoms with Crippen molar-refractivity contribution in [3.05, 3.63) is 54.6 Å². The molecule has 5 heteroatoms. The number of ether oxygens (including phenoxy) is 2. The Hall–Kier alpha value is -3.08. The van der Waals surface area contributed by atoms with E-state index in [0.29, 0.717) is 36.1 Å². The van der Waals surface area contributed by atoms with E-state index in [1.165, 1.54) is 0 Å². The third-order valence-corrected chi connectivity index (χ3v) is 5.10. The molecule has 3 rings (SSSR count). The number of hydrogen-bond acceptors (Lipinski definition) is 5. The minimum atomic E-state index is 0.0919. The lowest BCUT2D eigenvalue weighted by Crippen LogP contribution is -2.00. The summed E-state index contributed by atoms with van der Waals surface area (Å²) in [5.74, 6) is 1.38. The van der Waals surface area contributed by atoms with Crippen LogP contribution in [0.25, 0.3) is 10.8 Å². The maximum Gasteiger partial charge on any atom is 0.169 e. The van der Waals surface area contributed by atoms with Crippen molar-refractivity contribution in [3.63, 3.8) is 0 Å². The smallest absolute Gasteiger partial charge is 0.169 e. The van der Waals surface area contributed by atoms with Crippen LogP contribution in [0.4, 0.5) is 11.4 Å². The zero-order valence-corrected chi connectivity index (χ0v) is 18.5. The maximum atomic E-state index is 10.4. The first-order valence-electron chi connectivity index (χ1n) is 11.3. The first-order valence-corrected chi connectivity index (χ1v) is 11.3. The Bertz CT molecular complexity index is 971. The summed E-state index contributed by atoms with van der Waals surface area (Å²) in [7, 11) is 0. The van der Waals surface area contributed by atoms with Crippen LogP contribution in [0, 0.1) is 0 Å². The van der Waals surface area contributed by atoms with Crippen molar-refractivity contribution in [3.8, 4) is 17.2 Å². The summed E-state index contributed by atoms with van der Waals surface area (Å²) in [5, 5.41) is 21.2. The van der Waals surface area contributed by atoms with Crippen LogP contribution in [-0.4, -0.2) is 18.3 Å². The van der Waals surface area contributed by atoms with E-state index in [-0.39, 0.29) is 5.75 Å². The Labute approximate surface area is 184 Å². The zero-order valence-electron chi connectivity index (χ0n) is 18.5. The number of rotatable bonds is 12. The molecule has 3 aromatic rings. The lowest BCUT2D eigenvalue weighted by atomic mass is 10.1. The third kappa shape index (κ3) is 6.20. The fourth-order valence-electron chi connectivity index (χ4n) is 3.35. The molecule has 1 N–H and O–H groups in total. The molecule has 0 aromatic heterocycles. The highest BCUT2D eigenvalue weighted by Crippen LogP contribution is 2.41. The summed E-state index contributed by atoms with van der Waals surface area (Å²) in [6.07, 6.45) is 6.48. The summed E-state index contributed by atoms with van der Waals surface area (Å²) in [5.41, 5.74) is 0.999. The van der Waals surface area contributed by atoms with Gasteiger partial charge in [0.2, 0.25) is 0 Å². The average Bonchev–Trinajstić information content (AvgIpc) is 2.80. The van der Waals surface area contributed by atoms with E-state index in [9.17, 15) is 5.11 Å². The number of benzene rings is 3. The van der Waals surface area contributed by atoms with Crippen LogP contribution in [-0.2, 0) is 0 Å². The lowest BCUT2D eigenvalue weighted by Gasteiger charge is -2.13. The molecule has 31 heavy (non-hydrogen) atoms. The van der Waals surface area contributed by atoms with E-state index in [4.69, 9.17) is 9.47 Å². The topological polar surface area (TPSA) is 63.4 Å². The predicted molar refractivity (Wildman–Crippen MR) is 126 cm³/mol. The molecule has 0 amide bonds. The molecule has 0 spiro atoms. The van der Waals surface area contributed by atoms with Gasteiger partial charge in [0.05, 0.1) is 13.2 Å². The van der Waals surface area contributed by atoms with Gasteiger partial charge in [-0.2, -0.15) is 0 Å². The van der Waals surface area contributed by atoms with E-state index < -0.39 is 0 Å². The van der Waals surface area contributed by atoms with E-state index in [1.807, 2.05) is 48.5 Å². The minimum absolute atomic E-state index is 0.0919. The van der Waals surface area contributed by atoms with Crippen molar-refractivity contribution in [1.29, 1.82) is 0 Å². The van der Waals surface area contributed by atoms with Gasteiger partial charge in [-0.1, -0.05) is 75.9 Å². The van der Waals surface area contributed by atoms with E-state index in [1.54, 1.807) is 6.07 Å². The summed E-state index contributed by atoms with van der Waals surface area (Å²) >= 11 is 0. The molecule has 0 radical (unpaired) electrons. The molecule has 0 atom stereocenters. The SMILES string of the molecule is CCCCCOc1cccc(OCCCCC)c1N=Nc1c(O)ccc2ccccc12. The molecule has 3 aromatic carbocycles. The number of aromatic hydroxyl groups is 1. The number of fused-ring (bicyclic) bond motifs is 1. The Morgan fingerprint density at radius 2 is 1.29 bits per heavy atom. The molecule has 0 heterocycles. The number of hydrogen-bond donors (Lipinski definition) is 1. The summed E-state index contributed by atoms with van der Waals surface area (Å²) in [4.78, 5) is 0. The first kappa shape index (κ1) is 22.6. The van der Waals surface area contributed by atoms with Crippen LogP contribution < -0.4 is 9.47 Å². The molecule has 0 saturated carbocycles. The largest absolute Gasteiger partial charge is 0.506 e.